The summed E-state index contributed by atoms with van der Waals surface area (Å²) in [5, 5.41) is 11.1. The molecule has 0 aromatic heterocycles. The molecule has 0 saturated heterocycles. The van der Waals surface area contributed by atoms with E-state index >= 15 is 0 Å². The molecule has 0 aliphatic heterocycles. The molecule has 4 atom stereocenters. The maximum absolute atomic E-state index is 14.1. The Balaban J connectivity index is 1.90. The van der Waals surface area contributed by atoms with Crippen LogP contribution in [0.4, 0.5) is 11.4 Å². The molecule has 0 fully saturated rings. The Kier molecular flexibility index (Phi) is 16.9. The first kappa shape index (κ1) is 42.0. The summed E-state index contributed by atoms with van der Waals surface area (Å²) in [6.07, 6.45) is 2.84. The number of hydrogen-bond acceptors (Lipinski definition) is 8. The minimum absolute atomic E-state index is 0.0280. The first-order chi connectivity index (χ1) is 25.9. The fraction of sp³-hybridized carbons (Fsp3) is 0.342. The molecule has 288 valence electrons. The van der Waals surface area contributed by atoms with Crippen molar-refractivity contribution in [2.45, 2.75) is 76.0 Å². The monoisotopic (exact) mass is 741 g/mol. The van der Waals surface area contributed by atoms with E-state index in [0.29, 0.717) is 48.1 Å². The molecule has 3 aromatic carbocycles. The van der Waals surface area contributed by atoms with E-state index in [1.165, 1.54) is 0 Å². The van der Waals surface area contributed by atoms with E-state index in [4.69, 9.17) is 28.7 Å². The molecule has 0 spiro atoms. The molecule has 16 nitrogen and oxygen atoms in total. The molecular formula is C38H51N11O5. The Bertz CT molecular complexity index is 1760. The van der Waals surface area contributed by atoms with Crippen molar-refractivity contribution in [1.82, 2.24) is 21.3 Å². The number of hydrogen-bond donors (Lipinski definition) is 9. The number of benzene rings is 3. The molecule has 0 unspecified atom stereocenters. The molecule has 0 aliphatic rings. The Hall–Kier alpha value is -6.45. The largest absolute Gasteiger partial charge is 0.399 e. The Morgan fingerprint density at radius 1 is 0.685 bits per heavy atom. The second-order valence-electron chi connectivity index (χ2n) is 12.7. The lowest BCUT2D eigenvalue weighted by molar-refractivity contribution is -0.133. The van der Waals surface area contributed by atoms with Crippen molar-refractivity contribution in [1.29, 1.82) is 0 Å². The maximum Gasteiger partial charge on any atom is 0.251 e. The Morgan fingerprint density at radius 2 is 1.31 bits per heavy atom. The van der Waals surface area contributed by atoms with E-state index in [2.05, 4.69) is 31.3 Å². The van der Waals surface area contributed by atoms with Crippen molar-refractivity contribution in [3.05, 3.63) is 95.6 Å². The minimum atomic E-state index is -1.22. The molecule has 0 radical (unpaired) electrons. The number of nitrogens with two attached hydrogens (primary N) is 5. The number of anilines is 1. The summed E-state index contributed by atoms with van der Waals surface area (Å²) in [4.78, 5) is 74.9. The fourth-order valence-corrected chi connectivity index (χ4v) is 5.50. The van der Waals surface area contributed by atoms with Crippen LogP contribution in [0, 0.1) is 0 Å². The standard InChI is InChI=1S/C38H51N11O5/c1-2-3-13-30(47-33(51)26-10-5-4-6-11-26)34(52)48-31(14-8-19-44-37(40)41)35(53)49-32(22-25-9-7-12-28(21-25)46-38(42)43)36(54)45-29(23-50)20-24-15-17-27(39)18-16-24/h4-7,9-12,15-18,21,23,29-32H,2-3,8,13-14,19-20,22,39H2,1H3,(H,45,54)(H,47,51)(H,48,52)(H,49,53)(H4,40,41,44)(H4,42,43,46)/t29-,30-,31-,32-/m0/s1. The molecule has 3 rings (SSSR count). The van der Waals surface area contributed by atoms with Gasteiger partial charge < -0.3 is 54.7 Å². The third kappa shape index (κ3) is 14.7. The molecule has 14 N–H and O–H groups in total. The van der Waals surface area contributed by atoms with Crippen LogP contribution in [0.5, 0.6) is 0 Å². The van der Waals surface area contributed by atoms with Crippen LogP contribution < -0.4 is 49.9 Å². The SMILES string of the molecule is CCCC[C@H](NC(=O)c1ccccc1)C(=O)N[C@@H](CCCN=C(N)N)C(=O)N[C@@H](Cc1cccc(N=C(N)N)c1)C(=O)N[C@H](C=O)Cc1ccc(N)cc1. The minimum Gasteiger partial charge on any atom is -0.399 e. The van der Waals surface area contributed by atoms with Gasteiger partial charge in [-0.1, -0.05) is 62.2 Å². The number of nitrogen functional groups attached to an aromatic ring is 1. The highest BCUT2D eigenvalue weighted by Crippen LogP contribution is 2.16. The number of nitrogens with one attached hydrogen (secondary N) is 4. The average molecular weight is 742 g/mol. The number of unbranched alkanes of at least 4 members (excludes halogenated alkanes) is 1. The number of guanidine groups is 2. The molecule has 0 saturated carbocycles. The average Bonchev–Trinajstić information content (AvgIpc) is 3.14. The Morgan fingerprint density at radius 3 is 1.94 bits per heavy atom. The van der Waals surface area contributed by atoms with Crippen molar-refractivity contribution < 1.29 is 24.0 Å². The quantitative estimate of drug-likeness (QED) is 0.0242. The third-order valence-corrected chi connectivity index (χ3v) is 8.25. The van der Waals surface area contributed by atoms with E-state index in [9.17, 15) is 24.0 Å². The lowest BCUT2D eigenvalue weighted by Crippen LogP contribution is -2.58. The summed E-state index contributed by atoms with van der Waals surface area (Å²) in [6, 6.07) is 17.8. The zero-order valence-electron chi connectivity index (χ0n) is 30.4. The lowest BCUT2D eigenvalue weighted by Gasteiger charge is -2.26. The van der Waals surface area contributed by atoms with Gasteiger partial charge in [-0.2, -0.15) is 0 Å². The van der Waals surface area contributed by atoms with Crippen molar-refractivity contribution in [3.63, 3.8) is 0 Å². The summed E-state index contributed by atoms with van der Waals surface area (Å²) in [6.45, 7) is 2.12. The fourth-order valence-electron chi connectivity index (χ4n) is 5.50. The van der Waals surface area contributed by atoms with Crippen molar-refractivity contribution in [2.75, 3.05) is 12.3 Å². The number of aliphatic imine (C=N–C) groups is 2. The summed E-state index contributed by atoms with van der Waals surface area (Å²) in [5.74, 6) is -2.65. The highest BCUT2D eigenvalue weighted by atomic mass is 16.2. The number of carbonyl (C=O) groups excluding carboxylic acids is 5. The highest BCUT2D eigenvalue weighted by Gasteiger charge is 2.30. The number of rotatable bonds is 21. The zero-order valence-corrected chi connectivity index (χ0v) is 30.4. The van der Waals surface area contributed by atoms with Crippen LogP contribution >= 0.6 is 0 Å². The number of carbonyl (C=O) groups is 5. The lowest BCUT2D eigenvalue weighted by atomic mass is 10.0. The first-order valence-electron chi connectivity index (χ1n) is 17.7. The van der Waals surface area contributed by atoms with Gasteiger partial charge in [0.25, 0.3) is 5.91 Å². The summed E-state index contributed by atoms with van der Waals surface area (Å²) >= 11 is 0. The predicted molar refractivity (Wildman–Crippen MR) is 209 cm³/mol. The molecule has 0 heterocycles. The van der Waals surface area contributed by atoms with Gasteiger partial charge in [-0.25, -0.2) is 4.99 Å². The molecule has 0 bridgehead atoms. The van der Waals surface area contributed by atoms with Crippen molar-refractivity contribution in [2.24, 2.45) is 32.9 Å². The highest BCUT2D eigenvalue weighted by molar-refractivity contribution is 5.99. The first-order valence-corrected chi connectivity index (χ1v) is 17.7. The van der Waals surface area contributed by atoms with Crippen molar-refractivity contribution >= 4 is 53.2 Å². The van der Waals surface area contributed by atoms with Crippen LogP contribution in [-0.2, 0) is 32.0 Å². The normalized spacial score (nSPS) is 12.8. The second kappa shape index (κ2) is 21.8. The van der Waals surface area contributed by atoms with Crippen LogP contribution in [0.25, 0.3) is 0 Å². The van der Waals surface area contributed by atoms with Gasteiger partial charge in [0.05, 0.1) is 11.7 Å². The zero-order chi connectivity index (χ0) is 39.5. The van der Waals surface area contributed by atoms with Gasteiger partial charge in [0.15, 0.2) is 11.9 Å². The number of nitrogens with zero attached hydrogens (tertiary/aromatic N) is 2. The van der Waals surface area contributed by atoms with E-state index in [-0.39, 0.29) is 37.7 Å². The molecule has 54 heavy (non-hydrogen) atoms. The summed E-state index contributed by atoms with van der Waals surface area (Å²) < 4.78 is 0. The van der Waals surface area contributed by atoms with Crippen molar-refractivity contribution in [3.8, 4) is 0 Å². The van der Waals surface area contributed by atoms with Gasteiger partial charge in [0.2, 0.25) is 17.7 Å². The van der Waals surface area contributed by atoms with Gasteiger partial charge in [-0.3, -0.25) is 24.2 Å². The third-order valence-electron chi connectivity index (χ3n) is 8.25. The van der Waals surface area contributed by atoms with Crippen LogP contribution in [0.15, 0.2) is 88.8 Å². The number of amides is 4. The Labute approximate surface area is 314 Å². The topological polar surface area (TPSA) is 288 Å². The maximum atomic E-state index is 14.1. The van der Waals surface area contributed by atoms with E-state index in [1.54, 1.807) is 78.9 Å². The van der Waals surface area contributed by atoms with Gasteiger partial charge in [-0.15, -0.1) is 0 Å². The van der Waals surface area contributed by atoms with Gasteiger partial charge in [0.1, 0.15) is 24.4 Å². The van der Waals surface area contributed by atoms with E-state index < -0.39 is 47.8 Å². The van der Waals surface area contributed by atoms with Gasteiger partial charge in [0, 0.05) is 24.2 Å². The molecule has 0 aliphatic carbocycles. The van der Waals surface area contributed by atoms with Crippen LogP contribution in [0.2, 0.25) is 0 Å². The van der Waals surface area contributed by atoms with Gasteiger partial charge in [-0.05, 0) is 73.2 Å². The number of aldehydes is 1. The predicted octanol–water partition coefficient (Wildman–Crippen LogP) is 0.655. The molecule has 16 heteroatoms. The van der Waals surface area contributed by atoms with Crippen LogP contribution in [0.1, 0.15) is 60.5 Å². The van der Waals surface area contributed by atoms with Crippen LogP contribution in [-0.4, -0.2) is 72.5 Å². The van der Waals surface area contributed by atoms with Gasteiger partial charge >= 0.3 is 0 Å². The summed E-state index contributed by atoms with van der Waals surface area (Å²) in [7, 11) is 0. The molecule has 4 amide bonds. The van der Waals surface area contributed by atoms with E-state index in [0.717, 1.165) is 12.0 Å². The van der Waals surface area contributed by atoms with Crippen LogP contribution in [0.3, 0.4) is 0 Å². The second-order valence-corrected chi connectivity index (χ2v) is 12.7. The smallest absolute Gasteiger partial charge is 0.251 e. The van der Waals surface area contributed by atoms with E-state index in [1.807, 2.05) is 6.92 Å². The molecule has 3 aromatic rings. The summed E-state index contributed by atoms with van der Waals surface area (Å²) in [5.41, 5.74) is 30.6. The molecular weight excluding hydrogens is 690 g/mol.